The van der Waals surface area contributed by atoms with Crippen molar-refractivity contribution in [2.45, 2.75) is 0 Å². The van der Waals surface area contributed by atoms with Crippen LogP contribution in [0, 0.1) is 0 Å². The van der Waals surface area contributed by atoms with Crippen LogP contribution in [0.2, 0.25) is 26.4 Å². The van der Waals surface area contributed by atoms with Gasteiger partial charge in [-0.05, 0) is 98.5 Å². The molecule has 0 aliphatic heterocycles. The Morgan fingerprint density at radius 1 is 0.432 bits per heavy atom. The average Bonchev–Trinajstić information content (AvgIpc) is 3.02. The smallest absolute Gasteiger partial charge is 0.537 e. The highest BCUT2D eigenvalue weighted by atomic mass is 35.5. The summed E-state index contributed by atoms with van der Waals surface area (Å²) >= 11 is 27.6. The minimum Gasteiger partial charge on any atom is -0.537 e. The van der Waals surface area contributed by atoms with Crippen LogP contribution in [-0.4, -0.2) is 42.6 Å². The van der Waals surface area contributed by atoms with Crippen molar-refractivity contribution in [1.82, 2.24) is 29.9 Å². The molecule has 4 aromatic carbocycles. The highest BCUT2D eigenvalue weighted by Gasteiger charge is 2.07. The first-order valence-corrected chi connectivity index (χ1v) is 14.4. The second-order valence-corrected chi connectivity index (χ2v) is 10.1. The van der Waals surface area contributed by atoms with Crippen LogP contribution in [0.3, 0.4) is 0 Å². The lowest BCUT2D eigenvalue weighted by Crippen LogP contribution is -1.99. The van der Waals surface area contributed by atoms with Crippen molar-refractivity contribution in [2.24, 2.45) is 0 Å². The molecule has 0 atom stereocenters. The molecule has 1 radical (unpaired) electrons. The van der Waals surface area contributed by atoms with E-state index in [1.807, 2.05) is 103 Å². The Balaban J connectivity index is 0.000000162. The summed E-state index contributed by atoms with van der Waals surface area (Å²) in [4.78, 5) is 22.3. The first kappa shape index (κ1) is 33.1. The average molecular weight is 684 g/mol. The maximum Gasteiger partial charge on any atom is 0.569 e. The van der Waals surface area contributed by atoms with Crippen molar-refractivity contribution in [3.63, 3.8) is 0 Å². The van der Waals surface area contributed by atoms with Crippen molar-refractivity contribution < 1.29 is 9.68 Å². The SMILES string of the molecule is Clc1nc(Cl)nc(-c2cccc(-c3ccccc3)c2)n1.Clc1nc(Cl)nc(Cl)n1.O[B]Oc1cccc(-c2ccccc2)c1. The van der Waals surface area contributed by atoms with E-state index in [-0.39, 0.29) is 26.4 Å². The molecule has 219 valence electrons. The Labute approximate surface area is 279 Å². The van der Waals surface area contributed by atoms with Gasteiger partial charge in [0.05, 0.1) is 0 Å². The third kappa shape index (κ3) is 10.4. The van der Waals surface area contributed by atoms with Crippen LogP contribution in [0.25, 0.3) is 33.6 Å². The zero-order valence-electron chi connectivity index (χ0n) is 22.4. The zero-order chi connectivity index (χ0) is 31.3. The topological polar surface area (TPSA) is 107 Å². The highest BCUT2D eigenvalue weighted by molar-refractivity contribution is 6.33. The number of hydrogen-bond donors (Lipinski definition) is 1. The predicted octanol–water partition coefficient (Wildman–Crippen LogP) is 8.60. The zero-order valence-corrected chi connectivity index (χ0v) is 26.2. The van der Waals surface area contributed by atoms with E-state index < -0.39 is 0 Å². The van der Waals surface area contributed by atoms with Gasteiger partial charge in [-0.2, -0.15) is 29.9 Å². The summed E-state index contributed by atoms with van der Waals surface area (Å²) in [6.07, 6.45) is 0. The third-order valence-electron chi connectivity index (χ3n) is 5.49. The number of nitrogens with zero attached hydrogens (tertiary/aromatic N) is 6. The van der Waals surface area contributed by atoms with Gasteiger partial charge < -0.3 is 9.68 Å². The molecule has 0 unspecified atom stereocenters. The molecule has 8 nitrogen and oxygen atoms in total. The molecular formula is C30H19BCl5N6O2. The van der Waals surface area contributed by atoms with Gasteiger partial charge in [0.2, 0.25) is 26.4 Å². The third-order valence-corrected chi connectivity index (χ3v) is 6.34. The van der Waals surface area contributed by atoms with E-state index in [2.05, 4.69) is 29.9 Å². The maximum atomic E-state index is 8.53. The molecule has 0 aliphatic carbocycles. The Bertz CT molecular complexity index is 1740. The number of hydrogen-bond acceptors (Lipinski definition) is 8. The molecule has 6 aromatic rings. The number of halogens is 5. The monoisotopic (exact) mass is 681 g/mol. The van der Waals surface area contributed by atoms with Gasteiger partial charge in [0.25, 0.3) is 0 Å². The summed E-state index contributed by atoms with van der Waals surface area (Å²) in [5.74, 6) is 1.09. The molecule has 0 bridgehead atoms. The minimum atomic E-state index is 0.000000000000000444. The van der Waals surface area contributed by atoms with Crippen molar-refractivity contribution in [1.29, 1.82) is 0 Å². The van der Waals surface area contributed by atoms with Gasteiger partial charge >= 0.3 is 7.69 Å². The van der Waals surface area contributed by atoms with Crippen LogP contribution in [0.4, 0.5) is 0 Å². The van der Waals surface area contributed by atoms with Crippen molar-refractivity contribution >= 4 is 65.7 Å². The lowest BCUT2D eigenvalue weighted by atomic mass is 10.0. The van der Waals surface area contributed by atoms with E-state index in [0.717, 1.165) is 27.8 Å². The molecule has 2 heterocycles. The largest absolute Gasteiger partial charge is 0.569 e. The van der Waals surface area contributed by atoms with E-state index in [4.69, 9.17) is 67.7 Å². The lowest BCUT2D eigenvalue weighted by Gasteiger charge is -2.05. The second kappa shape index (κ2) is 16.9. The molecule has 14 heteroatoms. The molecular weight excluding hydrogens is 664 g/mol. The minimum absolute atomic E-state index is 0.000000000000000444. The summed E-state index contributed by atoms with van der Waals surface area (Å²) in [6.45, 7) is 0. The standard InChI is InChI=1S/C15H9Cl2N3.C12H10BO2.C3Cl3N3/c16-14-18-13(19-15(17)20-14)12-8-4-7-11(9-12)10-5-2-1-3-6-10;14-13-15-12-8-4-7-11(9-12)10-5-2-1-3-6-10;4-1-7-2(5)9-3(6)8-1/h1-9H;1-9,14H;. The molecule has 2 aromatic heterocycles. The van der Waals surface area contributed by atoms with E-state index in [0.29, 0.717) is 19.3 Å². The molecule has 0 saturated heterocycles. The number of aromatic nitrogens is 6. The Kier molecular flexibility index (Phi) is 12.7. The van der Waals surface area contributed by atoms with Crippen LogP contribution in [-0.2, 0) is 0 Å². The molecule has 1 N–H and O–H groups in total. The Morgan fingerprint density at radius 3 is 1.30 bits per heavy atom. The second-order valence-electron chi connectivity index (χ2n) is 8.40. The van der Waals surface area contributed by atoms with Gasteiger partial charge in [-0.3, -0.25) is 0 Å². The Hall–Kier alpha value is -3.83. The fourth-order valence-electron chi connectivity index (χ4n) is 3.67. The summed E-state index contributed by atoms with van der Waals surface area (Å²) in [5.41, 5.74) is 5.24. The number of rotatable bonds is 5. The fraction of sp³-hybridized carbons (Fsp3) is 0. The summed E-state index contributed by atoms with van der Waals surface area (Å²) < 4.78 is 4.90. The van der Waals surface area contributed by atoms with Crippen LogP contribution >= 0.6 is 58.0 Å². The highest BCUT2D eigenvalue weighted by Crippen LogP contribution is 2.26. The van der Waals surface area contributed by atoms with E-state index >= 15 is 0 Å². The first-order chi connectivity index (χ1) is 21.3. The van der Waals surface area contributed by atoms with Crippen LogP contribution in [0.1, 0.15) is 0 Å². The van der Waals surface area contributed by atoms with E-state index in [9.17, 15) is 0 Å². The van der Waals surface area contributed by atoms with Crippen molar-refractivity contribution in [3.8, 4) is 39.4 Å². The van der Waals surface area contributed by atoms with Gasteiger partial charge in [0.1, 0.15) is 5.75 Å². The quantitative estimate of drug-likeness (QED) is 0.180. The van der Waals surface area contributed by atoms with Gasteiger partial charge in [-0.25, -0.2) is 0 Å². The van der Waals surface area contributed by atoms with E-state index in [1.165, 1.54) is 0 Å². The van der Waals surface area contributed by atoms with Gasteiger partial charge in [0.15, 0.2) is 5.82 Å². The fourth-order valence-corrected chi connectivity index (χ4v) is 4.64. The summed E-state index contributed by atoms with van der Waals surface area (Å²) in [6, 6.07) is 35.5. The van der Waals surface area contributed by atoms with Gasteiger partial charge in [-0.15, -0.1) is 0 Å². The molecule has 0 spiro atoms. The van der Waals surface area contributed by atoms with Crippen LogP contribution < -0.4 is 4.65 Å². The van der Waals surface area contributed by atoms with Crippen LogP contribution in [0.5, 0.6) is 5.75 Å². The first-order valence-electron chi connectivity index (χ1n) is 12.5. The normalized spacial score (nSPS) is 10.0. The van der Waals surface area contributed by atoms with E-state index in [1.54, 1.807) is 6.07 Å². The predicted molar refractivity (Wildman–Crippen MR) is 176 cm³/mol. The molecule has 0 fully saturated rings. The molecule has 0 saturated carbocycles. The maximum absolute atomic E-state index is 8.53. The van der Waals surface area contributed by atoms with Crippen molar-refractivity contribution in [3.05, 3.63) is 136 Å². The molecule has 44 heavy (non-hydrogen) atoms. The molecule has 0 aliphatic rings. The number of benzene rings is 4. The molecule has 6 rings (SSSR count). The lowest BCUT2D eigenvalue weighted by molar-refractivity contribution is 0.454. The summed E-state index contributed by atoms with van der Waals surface area (Å²) in [7, 11) is 0.685. The summed E-state index contributed by atoms with van der Waals surface area (Å²) in [5, 5.41) is 8.71. The van der Waals surface area contributed by atoms with Crippen molar-refractivity contribution in [2.75, 3.05) is 0 Å². The van der Waals surface area contributed by atoms with Gasteiger partial charge in [-0.1, -0.05) is 91.0 Å². The van der Waals surface area contributed by atoms with Crippen LogP contribution in [0.15, 0.2) is 109 Å². The molecule has 0 amide bonds. The van der Waals surface area contributed by atoms with Gasteiger partial charge in [0, 0.05) is 5.56 Å². The Morgan fingerprint density at radius 2 is 0.818 bits per heavy atom.